The van der Waals surface area contributed by atoms with E-state index in [0.717, 1.165) is 26.1 Å². The number of fused-ring (bicyclic) bond motifs is 1. The number of hydrogen-bond acceptors (Lipinski definition) is 2. The molecular formula is C14H18N2O. The molecule has 0 bridgehead atoms. The van der Waals surface area contributed by atoms with Gasteiger partial charge in [0, 0.05) is 31.0 Å². The van der Waals surface area contributed by atoms with E-state index in [1.54, 1.807) is 0 Å². The molecule has 1 aliphatic rings. The third kappa shape index (κ3) is 2.08. The van der Waals surface area contributed by atoms with Crippen molar-refractivity contribution in [1.29, 1.82) is 0 Å². The second-order valence-electron chi connectivity index (χ2n) is 4.80. The first-order valence-corrected chi connectivity index (χ1v) is 6.25. The van der Waals surface area contributed by atoms with Gasteiger partial charge >= 0.3 is 0 Å². The summed E-state index contributed by atoms with van der Waals surface area (Å²) in [5.41, 5.74) is 8.76. The molecule has 1 saturated heterocycles. The topological polar surface area (TPSA) is 51.0 Å². The molecule has 0 radical (unpaired) electrons. The van der Waals surface area contributed by atoms with E-state index in [2.05, 4.69) is 29.2 Å². The third-order valence-electron chi connectivity index (χ3n) is 3.74. The summed E-state index contributed by atoms with van der Waals surface area (Å²) in [5.74, 6) is 0.552. The van der Waals surface area contributed by atoms with Crippen molar-refractivity contribution in [3.8, 4) is 0 Å². The normalized spacial score (nSPS) is 19.6. The van der Waals surface area contributed by atoms with Crippen molar-refractivity contribution in [2.75, 3.05) is 13.2 Å². The molecule has 17 heavy (non-hydrogen) atoms. The van der Waals surface area contributed by atoms with Crippen LogP contribution in [0.5, 0.6) is 0 Å². The average molecular weight is 230 g/mol. The number of ether oxygens (including phenoxy) is 1. The van der Waals surface area contributed by atoms with Gasteiger partial charge in [0.2, 0.25) is 0 Å². The van der Waals surface area contributed by atoms with E-state index < -0.39 is 0 Å². The highest BCUT2D eigenvalue weighted by Crippen LogP contribution is 2.29. The Bertz CT molecular complexity index is 500. The third-order valence-corrected chi connectivity index (χ3v) is 3.74. The summed E-state index contributed by atoms with van der Waals surface area (Å²) in [6, 6.07) is 8.68. The van der Waals surface area contributed by atoms with Crippen LogP contribution in [0.1, 0.15) is 24.4 Å². The van der Waals surface area contributed by atoms with Gasteiger partial charge in [-0.15, -0.1) is 0 Å². The van der Waals surface area contributed by atoms with E-state index in [-0.39, 0.29) is 6.04 Å². The summed E-state index contributed by atoms with van der Waals surface area (Å²) in [5, 5.41) is 1.24. The zero-order valence-electron chi connectivity index (χ0n) is 9.86. The van der Waals surface area contributed by atoms with Crippen LogP contribution < -0.4 is 5.73 Å². The summed E-state index contributed by atoms with van der Waals surface area (Å²) in [4.78, 5) is 3.24. The van der Waals surface area contributed by atoms with Gasteiger partial charge in [-0.2, -0.15) is 0 Å². The summed E-state index contributed by atoms with van der Waals surface area (Å²) in [7, 11) is 0. The van der Waals surface area contributed by atoms with E-state index >= 15 is 0 Å². The summed E-state index contributed by atoms with van der Waals surface area (Å²) < 4.78 is 5.38. The van der Waals surface area contributed by atoms with Gasteiger partial charge in [0.15, 0.2) is 0 Å². The van der Waals surface area contributed by atoms with Crippen molar-refractivity contribution in [3.63, 3.8) is 0 Å². The number of H-pyrrole nitrogens is 1. The molecule has 3 nitrogen and oxygen atoms in total. The monoisotopic (exact) mass is 230 g/mol. The maximum absolute atomic E-state index is 6.36. The van der Waals surface area contributed by atoms with Crippen molar-refractivity contribution in [1.82, 2.24) is 4.98 Å². The minimum atomic E-state index is 0.131. The lowest BCUT2D eigenvalue weighted by atomic mass is 9.87. The quantitative estimate of drug-likeness (QED) is 0.833. The molecule has 1 aromatic carbocycles. The Labute approximate surface area is 101 Å². The maximum atomic E-state index is 6.36. The minimum Gasteiger partial charge on any atom is -0.381 e. The lowest BCUT2D eigenvalue weighted by Gasteiger charge is -2.27. The molecule has 0 unspecified atom stereocenters. The number of aromatic amines is 1. The van der Waals surface area contributed by atoms with Gasteiger partial charge in [0.25, 0.3) is 0 Å². The number of hydrogen-bond donors (Lipinski definition) is 2. The number of aromatic nitrogens is 1. The van der Waals surface area contributed by atoms with Crippen molar-refractivity contribution >= 4 is 10.9 Å². The Morgan fingerprint density at radius 2 is 2.06 bits per heavy atom. The minimum absolute atomic E-state index is 0.131. The Hall–Kier alpha value is -1.32. The van der Waals surface area contributed by atoms with Crippen molar-refractivity contribution in [3.05, 3.63) is 36.0 Å². The van der Waals surface area contributed by atoms with Crippen LogP contribution in [0.15, 0.2) is 30.5 Å². The first-order chi connectivity index (χ1) is 8.34. The smallest absolute Gasteiger partial charge is 0.0469 e. The van der Waals surface area contributed by atoms with E-state index in [1.807, 2.05) is 6.20 Å². The molecule has 3 N–H and O–H groups in total. The molecule has 90 valence electrons. The fourth-order valence-corrected chi connectivity index (χ4v) is 2.62. The molecule has 2 aromatic rings. The van der Waals surface area contributed by atoms with Crippen LogP contribution in [0.4, 0.5) is 0 Å². The largest absolute Gasteiger partial charge is 0.381 e. The summed E-state index contributed by atoms with van der Waals surface area (Å²) in [6.45, 7) is 1.70. The highest BCUT2D eigenvalue weighted by atomic mass is 16.5. The average Bonchev–Trinajstić information content (AvgIpc) is 2.86. The van der Waals surface area contributed by atoms with Crippen LogP contribution in [0, 0.1) is 5.92 Å². The molecule has 0 saturated carbocycles. The molecule has 3 rings (SSSR count). The summed E-state index contributed by atoms with van der Waals surface area (Å²) in [6.07, 6.45) is 4.11. The second kappa shape index (κ2) is 4.51. The van der Waals surface area contributed by atoms with Crippen LogP contribution in [0.3, 0.4) is 0 Å². The first kappa shape index (κ1) is 10.8. The first-order valence-electron chi connectivity index (χ1n) is 6.25. The van der Waals surface area contributed by atoms with Crippen molar-refractivity contribution in [2.24, 2.45) is 11.7 Å². The predicted octanol–water partition coefficient (Wildman–Crippen LogP) is 2.59. The highest BCUT2D eigenvalue weighted by molar-refractivity contribution is 5.79. The number of rotatable bonds is 2. The SMILES string of the molecule is N[C@H](c1ccc2cc[nH]c2c1)C1CCOCC1. The Morgan fingerprint density at radius 3 is 2.88 bits per heavy atom. The van der Waals surface area contributed by atoms with E-state index in [9.17, 15) is 0 Å². The molecule has 3 heteroatoms. The molecule has 1 atom stereocenters. The number of nitrogens with two attached hydrogens (primary N) is 1. The zero-order valence-corrected chi connectivity index (χ0v) is 9.86. The van der Waals surface area contributed by atoms with Crippen LogP contribution in [-0.4, -0.2) is 18.2 Å². The molecule has 2 heterocycles. The van der Waals surface area contributed by atoms with Crippen LogP contribution >= 0.6 is 0 Å². The fraction of sp³-hybridized carbons (Fsp3) is 0.429. The van der Waals surface area contributed by atoms with Crippen molar-refractivity contribution in [2.45, 2.75) is 18.9 Å². The Kier molecular flexibility index (Phi) is 2.87. The standard InChI is InChI=1S/C14H18N2O/c15-14(11-4-7-17-8-5-11)12-2-1-10-3-6-16-13(10)9-12/h1-3,6,9,11,14,16H,4-5,7-8,15H2/t14-/m0/s1. The van der Waals surface area contributed by atoms with Gasteiger partial charge in [-0.3, -0.25) is 0 Å². The lowest BCUT2D eigenvalue weighted by Crippen LogP contribution is -2.27. The Morgan fingerprint density at radius 1 is 1.24 bits per heavy atom. The van der Waals surface area contributed by atoms with Gasteiger partial charge in [-0.05, 0) is 41.8 Å². The van der Waals surface area contributed by atoms with Crippen LogP contribution in [0.25, 0.3) is 10.9 Å². The van der Waals surface area contributed by atoms with E-state index in [4.69, 9.17) is 10.5 Å². The van der Waals surface area contributed by atoms with Crippen LogP contribution in [0.2, 0.25) is 0 Å². The fourth-order valence-electron chi connectivity index (χ4n) is 2.62. The molecule has 1 fully saturated rings. The molecule has 0 aliphatic carbocycles. The van der Waals surface area contributed by atoms with Gasteiger partial charge in [-0.1, -0.05) is 12.1 Å². The second-order valence-corrected chi connectivity index (χ2v) is 4.80. The van der Waals surface area contributed by atoms with Gasteiger partial charge in [-0.25, -0.2) is 0 Å². The number of nitrogens with one attached hydrogen (secondary N) is 1. The van der Waals surface area contributed by atoms with Gasteiger partial charge < -0.3 is 15.5 Å². The summed E-state index contributed by atoms with van der Waals surface area (Å²) >= 11 is 0. The lowest BCUT2D eigenvalue weighted by molar-refractivity contribution is 0.0584. The Balaban J connectivity index is 1.86. The molecule has 0 amide bonds. The van der Waals surface area contributed by atoms with E-state index in [1.165, 1.54) is 16.5 Å². The van der Waals surface area contributed by atoms with Gasteiger partial charge in [0.05, 0.1) is 0 Å². The number of benzene rings is 1. The predicted molar refractivity (Wildman–Crippen MR) is 68.8 cm³/mol. The zero-order chi connectivity index (χ0) is 11.7. The molecule has 0 spiro atoms. The molecule has 1 aromatic heterocycles. The highest BCUT2D eigenvalue weighted by Gasteiger charge is 2.22. The van der Waals surface area contributed by atoms with Gasteiger partial charge in [0.1, 0.15) is 0 Å². The van der Waals surface area contributed by atoms with Crippen molar-refractivity contribution < 1.29 is 4.74 Å². The molecular weight excluding hydrogens is 212 g/mol. The van der Waals surface area contributed by atoms with E-state index in [0.29, 0.717) is 5.92 Å². The van der Waals surface area contributed by atoms with Crippen LogP contribution in [-0.2, 0) is 4.74 Å². The molecule has 1 aliphatic heterocycles. The maximum Gasteiger partial charge on any atom is 0.0469 e.